The topological polar surface area (TPSA) is 87.1 Å². The van der Waals surface area contributed by atoms with E-state index in [1.165, 1.54) is 0 Å². The molecule has 6 nitrogen and oxygen atoms in total. The van der Waals surface area contributed by atoms with Crippen LogP contribution in [0.4, 0.5) is 0 Å². The van der Waals surface area contributed by atoms with Crippen molar-refractivity contribution in [2.45, 2.75) is 25.7 Å². The molecule has 0 spiro atoms. The number of unbranched alkanes of at least 4 members (excludes halogenated alkanes) is 2. The standard InChI is InChI=1S/C8H18NO5P/c1-9(2)7-5-3-4-6-8(10)14-15(11,12)13/h3-7H2,1-2H3,(H2,11,12,13). The number of nitrogens with zero attached hydrogens (tertiary/aromatic N) is 1. The Kier molecular flexibility index (Phi) is 6.76. The fraction of sp³-hybridized carbons (Fsp3) is 0.875. The second-order valence-electron chi connectivity index (χ2n) is 3.57. The summed E-state index contributed by atoms with van der Waals surface area (Å²) < 4.78 is 14.1. The molecule has 0 aliphatic rings. The minimum absolute atomic E-state index is 0.0541. The van der Waals surface area contributed by atoms with Gasteiger partial charge < -0.3 is 9.42 Å². The predicted molar refractivity (Wildman–Crippen MR) is 55.2 cm³/mol. The van der Waals surface area contributed by atoms with Crippen LogP contribution in [0.2, 0.25) is 0 Å². The Bertz CT molecular complexity index is 237. The van der Waals surface area contributed by atoms with Gasteiger partial charge in [0, 0.05) is 6.42 Å². The van der Waals surface area contributed by atoms with Gasteiger partial charge in [0.25, 0.3) is 0 Å². The molecule has 0 bridgehead atoms. The molecule has 0 amide bonds. The molecule has 0 aliphatic carbocycles. The van der Waals surface area contributed by atoms with Gasteiger partial charge in [-0.2, -0.15) is 0 Å². The second kappa shape index (κ2) is 6.95. The van der Waals surface area contributed by atoms with E-state index in [-0.39, 0.29) is 6.42 Å². The first-order valence-electron chi connectivity index (χ1n) is 4.74. The fourth-order valence-corrected chi connectivity index (χ4v) is 1.41. The van der Waals surface area contributed by atoms with Gasteiger partial charge in [-0.15, -0.1) is 0 Å². The summed E-state index contributed by atoms with van der Waals surface area (Å²) in [6.45, 7) is 0.938. The number of phosphoric acid groups is 1. The molecule has 0 aromatic rings. The van der Waals surface area contributed by atoms with Crippen LogP contribution in [-0.2, 0) is 13.9 Å². The van der Waals surface area contributed by atoms with Gasteiger partial charge in [-0.3, -0.25) is 14.6 Å². The Balaban J connectivity index is 3.44. The van der Waals surface area contributed by atoms with E-state index in [0.29, 0.717) is 6.42 Å². The maximum atomic E-state index is 10.8. The van der Waals surface area contributed by atoms with Gasteiger partial charge >= 0.3 is 13.8 Å². The van der Waals surface area contributed by atoms with E-state index in [9.17, 15) is 9.36 Å². The molecule has 7 heteroatoms. The first-order valence-corrected chi connectivity index (χ1v) is 6.27. The fourth-order valence-electron chi connectivity index (χ4n) is 1.05. The maximum Gasteiger partial charge on any atom is 0.526 e. The second-order valence-corrected chi connectivity index (χ2v) is 4.73. The van der Waals surface area contributed by atoms with E-state index in [4.69, 9.17) is 9.79 Å². The van der Waals surface area contributed by atoms with Gasteiger partial charge in [0.05, 0.1) is 0 Å². The molecule has 0 heterocycles. The van der Waals surface area contributed by atoms with Crippen LogP contribution in [0.25, 0.3) is 0 Å². The van der Waals surface area contributed by atoms with Crippen molar-refractivity contribution in [2.24, 2.45) is 0 Å². The number of hydrogen-bond donors (Lipinski definition) is 2. The van der Waals surface area contributed by atoms with Gasteiger partial charge in [0.1, 0.15) is 0 Å². The monoisotopic (exact) mass is 239 g/mol. The first-order chi connectivity index (χ1) is 6.81. The van der Waals surface area contributed by atoms with E-state index in [0.717, 1.165) is 19.4 Å². The van der Waals surface area contributed by atoms with Crippen molar-refractivity contribution in [1.82, 2.24) is 4.90 Å². The van der Waals surface area contributed by atoms with Crippen molar-refractivity contribution < 1.29 is 23.7 Å². The molecule has 0 aliphatic heterocycles. The highest BCUT2D eigenvalue weighted by molar-refractivity contribution is 7.46. The van der Waals surface area contributed by atoms with Gasteiger partial charge in [-0.1, -0.05) is 6.42 Å². The van der Waals surface area contributed by atoms with Gasteiger partial charge in [-0.25, -0.2) is 4.57 Å². The Morgan fingerprint density at radius 1 is 1.27 bits per heavy atom. The lowest BCUT2D eigenvalue weighted by molar-refractivity contribution is -0.135. The lowest BCUT2D eigenvalue weighted by Crippen LogP contribution is -2.12. The largest absolute Gasteiger partial charge is 0.526 e. The van der Waals surface area contributed by atoms with Crippen molar-refractivity contribution in [2.75, 3.05) is 20.6 Å². The zero-order valence-corrected chi connectivity index (χ0v) is 9.94. The van der Waals surface area contributed by atoms with E-state index >= 15 is 0 Å². The maximum absolute atomic E-state index is 10.8. The molecule has 2 N–H and O–H groups in total. The van der Waals surface area contributed by atoms with Crippen LogP contribution in [0, 0.1) is 0 Å². The number of phosphoric ester groups is 1. The van der Waals surface area contributed by atoms with Gasteiger partial charge in [0.2, 0.25) is 0 Å². The molecule has 15 heavy (non-hydrogen) atoms. The first kappa shape index (κ1) is 14.6. The quantitative estimate of drug-likeness (QED) is 0.503. The Morgan fingerprint density at radius 2 is 1.87 bits per heavy atom. The van der Waals surface area contributed by atoms with Gasteiger partial charge in [-0.05, 0) is 33.5 Å². The SMILES string of the molecule is CN(C)CCCCCC(=O)OP(=O)(O)O. The zero-order valence-electron chi connectivity index (χ0n) is 9.05. The highest BCUT2D eigenvalue weighted by atomic mass is 31.2. The van der Waals surface area contributed by atoms with E-state index in [1.807, 2.05) is 19.0 Å². The molecule has 90 valence electrons. The van der Waals surface area contributed by atoms with Crippen molar-refractivity contribution in [1.29, 1.82) is 0 Å². The molecular weight excluding hydrogens is 221 g/mol. The zero-order chi connectivity index (χ0) is 11.9. The smallest absolute Gasteiger partial charge is 0.371 e. The minimum Gasteiger partial charge on any atom is -0.371 e. The number of carbonyl (C=O) groups excluding carboxylic acids is 1. The summed E-state index contributed by atoms with van der Waals surface area (Å²) in [7, 11) is -0.730. The summed E-state index contributed by atoms with van der Waals surface area (Å²) in [5.41, 5.74) is 0. The third kappa shape index (κ3) is 11.5. The summed E-state index contributed by atoms with van der Waals surface area (Å²) in [5, 5.41) is 0. The number of rotatable bonds is 7. The number of carbonyl (C=O) groups is 1. The summed E-state index contributed by atoms with van der Waals surface area (Å²) in [4.78, 5) is 29.5. The van der Waals surface area contributed by atoms with E-state index in [1.54, 1.807) is 0 Å². The van der Waals surface area contributed by atoms with Crippen LogP contribution in [0.3, 0.4) is 0 Å². The molecular formula is C8H18NO5P. The van der Waals surface area contributed by atoms with Crippen molar-refractivity contribution in [3.63, 3.8) is 0 Å². The van der Waals surface area contributed by atoms with Crippen molar-refractivity contribution >= 4 is 13.8 Å². The summed E-state index contributed by atoms with van der Waals surface area (Å²) in [6.07, 6.45) is 2.44. The molecule has 0 aromatic heterocycles. The Morgan fingerprint density at radius 3 is 2.33 bits per heavy atom. The summed E-state index contributed by atoms with van der Waals surface area (Å²) >= 11 is 0. The number of hydrogen-bond acceptors (Lipinski definition) is 4. The van der Waals surface area contributed by atoms with Crippen molar-refractivity contribution in [3.8, 4) is 0 Å². The van der Waals surface area contributed by atoms with E-state index in [2.05, 4.69) is 4.52 Å². The van der Waals surface area contributed by atoms with Crippen molar-refractivity contribution in [3.05, 3.63) is 0 Å². The van der Waals surface area contributed by atoms with Gasteiger partial charge in [0.15, 0.2) is 0 Å². The molecule has 0 saturated carbocycles. The third-order valence-electron chi connectivity index (χ3n) is 1.71. The van der Waals surface area contributed by atoms with Crippen LogP contribution < -0.4 is 0 Å². The average molecular weight is 239 g/mol. The van der Waals surface area contributed by atoms with Crippen LogP contribution in [0.1, 0.15) is 25.7 Å². The normalized spacial score (nSPS) is 11.8. The lowest BCUT2D eigenvalue weighted by Gasteiger charge is -2.08. The van der Waals surface area contributed by atoms with Crippen LogP contribution >= 0.6 is 7.82 Å². The molecule has 0 atom stereocenters. The molecule has 0 radical (unpaired) electrons. The van der Waals surface area contributed by atoms with Crippen LogP contribution in [0.15, 0.2) is 0 Å². The molecule has 0 rings (SSSR count). The minimum atomic E-state index is -4.65. The lowest BCUT2D eigenvalue weighted by atomic mass is 10.2. The predicted octanol–water partition coefficient (Wildman–Crippen LogP) is 0.744. The molecule has 0 saturated heterocycles. The van der Waals surface area contributed by atoms with Crippen LogP contribution in [0.5, 0.6) is 0 Å². The highest BCUT2D eigenvalue weighted by Gasteiger charge is 2.19. The molecule has 0 aromatic carbocycles. The third-order valence-corrected chi connectivity index (χ3v) is 2.15. The summed E-state index contributed by atoms with van der Waals surface area (Å²) in [6, 6.07) is 0. The van der Waals surface area contributed by atoms with Crippen LogP contribution in [-0.4, -0.2) is 41.3 Å². The summed E-state index contributed by atoms with van der Waals surface area (Å²) in [5.74, 6) is -0.840. The molecule has 0 fully saturated rings. The molecule has 0 unspecified atom stereocenters. The highest BCUT2D eigenvalue weighted by Crippen LogP contribution is 2.36. The Labute approximate surface area is 89.5 Å². The average Bonchev–Trinajstić information content (AvgIpc) is 1.99. The Hall–Kier alpha value is -0.420. The van der Waals surface area contributed by atoms with E-state index < -0.39 is 13.8 Å².